The Bertz CT molecular complexity index is 482. The van der Waals surface area contributed by atoms with Gasteiger partial charge in [-0.15, -0.1) is 0 Å². The Morgan fingerprint density at radius 1 is 1.24 bits per heavy atom. The number of carbonyl (C=O) groups excluding carboxylic acids is 1. The first-order valence-electron chi connectivity index (χ1n) is 5.07. The van der Waals surface area contributed by atoms with Crippen LogP contribution in [0.1, 0.15) is 6.92 Å². The third-order valence-electron chi connectivity index (χ3n) is 2.01. The number of rotatable bonds is 5. The predicted molar refractivity (Wildman–Crippen MR) is 67.2 cm³/mol. The van der Waals surface area contributed by atoms with Crippen LogP contribution in [-0.4, -0.2) is 26.6 Å². The Balaban J connectivity index is 2.72. The molecule has 1 aromatic rings. The van der Waals surface area contributed by atoms with E-state index in [9.17, 15) is 13.2 Å². The molecule has 0 heterocycles. The summed E-state index contributed by atoms with van der Waals surface area (Å²) >= 11 is 0. The van der Waals surface area contributed by atoms with Crippen molar-refractivity contribution in [1.29, 1.82) is 0 Å². The standard InChI is InChI=1S/C10H15N3O3S/c1-2-17(15,16)13-9-5-3-8(4-6-9)12-10(14)7-11/h3-6,13H,2,7,11H2,1H3,(H,12,14). The van der Waals surface area contributed by atoms with E-state index in [4.69, 9.17) is 5.73 Å². The topological polar surface area (TPSA) is 101 Å². The van der Waals surface area contributed by atoms with Crippen LogP contribution in [0.4, 0.5) is 11.4 Å². The minimum atomic E-state index is -3.27. The van der Waals surface area contributed by atoms with E-state index in [1.165, 1.54) is 0 Å². The van der Waals surface area contributed by atoms with Crippen molar-refractivity contribution < 1.29 is 13.2 Å². The van der Waals surface area contributed by atoms with Gasteiger partial charge >= 0.3 is 0 Å². The Morgan fingerprint density at radius 3 is 2.24 bits per heavy atom. The highest BCUT2D eigenvalue weighted by atomic mass is 32.2. The Morgan fingerprint density at radius 2 is 1.76 bits per heavy atom. The number of benzene rings is 1. The van der Waals surface area contributed by atoms with Crippen LogP contribution in [0, 0.1) is 0 Å². The molecule has 0 radical (unpaired) electrons. The third kappa shape index (κ3) is 4.41. The van der Waals surface area contributed by atoms with Gasteiger partial charge in [0.25, 0.3) is 0 Å². The number of hydrogen-bond donors (Lipinski definition) is 3. The summed E-state index contributed by atoms with van der Waals surface area (Å²) in [5.74, 6) is -0.287. The van der Waals surface area contributed by atoms with E-state index in [0.717, 1.165) is 0 Å². The molecule has 0 bridgehead atoms. The summed E-state index contributed by atoms with van der Waals surface area (Å²) in [5, 5.41) is 2.55. The van der Waals surface area contributed by atoms with E-state index in [1.54, 1.807) is 31.2 Å². The summed E-state index contributed by atoms with van der Waals surface area (Å²) in [5.41, 5.74) is 6.17. The van der Waals surface area contributed by atoms with Gasteiger partial charge < -0.3 is 11.1 Å². The molecule has 1 aromatic carbocycles. The lowest BCUT2D eigenvalue weighted by atomic mass is 10.3. The molecule has 0 fully saturated rings. The lowest BCUT2D eigenvalue weighted by Crippen LogP contribution is -2.21. The minimum Gasteiger partial charge on any atom is -0.325 e. The minimum absolute atomic E-state index is 0.0126. The van der Waals surface area contributed by atoms with Crippen molar-refractivity contribution in [2.75, 3.05) is 22.3 Å². The van der Waals surface area contributed by atoms with E-state index >= 15 is 0 Å². The number of nitrogens with two attached hydrogens (primary N) is 1. The summed E-state index contributed by atoms with van der Waals surface area (Å²) in [6, 6.07) is 6.33. The number of nitrogens with one attached hydrogen (secondary N) is 2. The van der Waals surface area contributed by atoms with Gasteiger partial charge in [-0.25, -0.2) is 8.42 Å². The first-order chi connectivity index (χ1) is 7.96. The van der Waals surface area contributed by atoms with Gasteiger partial charge in [-0.05, 0) is 31.2 Å². The zero-order valence-electron chi connectivity index (χ0n) is 9.43. The predicted octanol–water partition coefficient (Wildman–Crippen LogP) is 0.345. The fourth-order valence-corrected chi connectivity index (χ4v) is 1.72. The molecular formula is C10H15N3O3S. The Hall–Kier alpha value is -1.60. The maximum Gasteiger partial charge on any atom is 0.238 e. The third-order valence-corrected chi connectivity index (χ3v) is 3.31. The van der Waals surface area contributed by atoms with E-state index in [0.29, 0.717) is 11.4 Å². The van der Waals surface area contributed by atoms with Crippen LogP contribution in [-0.2, 0) is 14.8 Å². The van der Waals surface area contributed by atoms with E-state index in [1.807, 2.05) is 0 Å². The maximum absolute atomic E-state index is 11.3. The number of carbonyl (C=O) groups is 1. The van der Waals surface area contributed by atoms with Crippen molar-refractivity contribution in [3.8, 4) is 0 Å². The summed E-state index contributed by atoms with van der Waals surface area (Å²) in [7, 11) is -3.27. The average molecular weight is 257 g/mol. The van der Waals surface area contributed by atoms with Crippen LogP contribution in [0.15, 0.2) is 24.3 Å². The molecular weight excluding hydrogens is 242 g/mol. The van der Waals surface area contributed by atoms with Gasteiger partial charge in [0.1, 0.15) is 0 Å². The van der Waals surface area contributed by atoms with E-state index < -0.39 is 10.0 Å². The second-order valence-corrected chi connectivity index (χ2v) is 5.35. The van der Waals surface area contributed by atoms with Crippen LogP contribution < -0.4 is 15.8 Å². The lowest BCUT2D eigenvalue weighted by Gasteiger charge is -2.07. The molecule has 0 unspecified atom stereocenters. The zero-order chi connectivity index (χ0) is 12.9. The van der Waals surface area contributed by atoms with Crippen LogP contribution in [0.25, 0.3) is 0 Å². The van der Waals surface area contributed by atoms with Crippen LogP contribution >= 0.6 is 0 Å². The summed E-state index contributed by atoms with van der Waals surface area (Å²) < 4.78 is 25.0. The van der Waals surface area contributed by atoms with Crippen molar-refractivity contribution in [3.63, 3.8) is 0 Å². The Kier molecular flexibility index (Phi) is 4.47. The van der Waals surface area contributed by atoms with Crippen molar-refractivity contribution in [1.82, 2.24) is 0 Å². The molecule has 17 heavy (non-hydrogen) atoms. The quantitative estimate of drug-likeness (QED) is 0.708. The second kappa shape index (κ2) is 5.65. The van der Waals surface area contributed by atoms with Crippen molar-refractivity contribution in [2.24, 2.45) is 5.73 Å². The smallest absolute Gasteiger partial charge is 0.238 e. The molecule has 0 saturated carbocycles. The van der Waals surface area contributed by atoms with Gasteiger partial charge in [0, 0.05) is 11.4 Å². The highest BCUT2D eigenvalue weighted by Gasteiger charge is 2.06. The molecule has 1 rings (SSSR count). The monoisotopic (exact) mass is 257 g/mol. The number of amides is 1. The normalized spacial score (nSPS) is 10.9. The number of sulfonamides is 1. The van der Waals surface area contributed by atoms with E-state index in [2.05, 4.69) is 10.0 Å². The van der Waals surface area contributed by atoms with Crippen molar-refractivity contribution in [3.05, 3.63) is 24.3 Å². The van der Waals surface area contributed by atoms with Gasteiger partial charge in [-0.3, -0.25) is 9.52 Å². The first kappa shape index (κ1) is 13.5. The zero-order valence-corrected chi connectivity index (χ0v) is 10.3. The summed E-state index contributed by atoms with van der Waals surface area (Å²) in [6.07, 6.45) is 0. The summed E-state index contributed by atoms with van der Waals surface area (Å²) in [6.45, 7) is 1.46. The van der Waals surface area contributed by atoms with Gasteiger partial charge in [0.2, 0.25) is 15.9 Å². The molecule has 0 aliphatic carbocycles. The molecule has 7 heteroatoms. The molecule has 0 aliphatic rings. The van der Waals surface area contributed by atoms with Crippen LogP contribution in [0.2, 0.25) is 0 Å². The molecule has 0 spiro atoms. The van der Waals surface area contributed by atoms with Gasteiger partial charge in [-0.1, -0.05) is 0 Å². The highest BCUT2D eigenvalue weighted by molar-refractivity contribution is 7.92. The molecule has 1 amide bonds. The van der Waals surface area contributed by atoms with Crippen molar-refractivity contribution in [2.45, 2.75) is 6.92 Å². The molecule has 4 N–H and O–H groups in total. The fraction of sp³-hybridized carbons (Fsp3) is 0.300. The number of hydrogen-bond acceptors (Lipinski definition) is 4. The molecule has 0 atom stereocenters. The maximum atomic E-state index is 11.3. The molecule has 0 aliphatic heterocycles. The Labute approximate surface area is 100 Å². The second-order valence-electron chi connectivity index (χ2n) is 3.34. The average Bonchev–Trinajstić information content (AvgIpc) is 2.31. The SMILES string of the molecule is CCS(=O)(=O)Nc1ccc(NC(=O)CN)cc1. The van der Waals surface area contributed by atoms with Crippen LogP contribution in [0.3, 0.4) is 0 Å². The fourth-order valence-electron chi connectivity index (χ4n) is 1.09. The van der Waals surface area contributed by atoms with Crippen LogP contribution in [0.5, 0.6) is 0 Å². The highest BCUT2D eigenvalue weighted by Crippen LogP contribution is 2.14. The van der Waals surface area contributed by atoms with Gasteiger partial charge in [0.15, 0.2) is 0 Å². The number of anilines is 2. The van der Waals surface area contributed by atoms with Gasteiger partial charge in [0.05, 0.1) is 12.3 Å². The largest absolute Gasteiger partial charge is 0.325 e. The lowest BCUT2D eigenvalue weighted by molar-refractivity contribution is -0.114. The summed E-state index contributed by atoms with van der Waals surface area (Å²) in [4.78, 5) is 11.0. The molecule has 0 saturated heterocycles. The molecule has 6 nitrogen and oxygen atoms in total. The van der Waals surface area contributed by atoms with E-state index in [-0.39, 0.29) is 18.2 Å². The van der Waals surface area contributed by atoms with Gasteiger partial charge in [-0.2, -0.15) is 0 Å². The molecule has 0 aromatic heterocycles. The first-order valence-corrected chi connectivity index (χ1v) is 6.72. The van der Waals surface area contributed by atoms with Crippen molar-refractivity contribution >= 4 is 27.3 Å². The molecule has 94 valence electrons.